The summed E-state index contributed by atoms with van der Waals surface area (Å²) in [6.45, 7) is 0. The van der Waals surface area contributed by atoms with Gasteiger partial charge in [0.05, 0.1) is 5.52 Å². The fourth-order valence-electron chi connectivity index (χ4n) is 3.12. The van der Waals surface area contributed by atoms with Crippen molar-refractivity contribution in [2.45, 2.75) is 43.4 Å². The normalized spacial score (nSPS) is 18.0. The quantitative estimate of drug-likeness (QED) is 0.876. The molecule has 1 aromatic carbocycles. The second-order valence-electron chi connectivity index (χ2n) is 5.89. The Morgan fingerprint density at radius 3 is 2.90 bits per heavy atom. The van der Waals surface area contributed by atoms with Gasteiger partial charge in [-0.1, -0.05) is 31.4 Å². The van der Waals surface area contributed by atoms with Gasteiger partial charge in [0.2, 0.25) is 0 Å². The highest BCUT2D eigenvalue weighted by Gasteiger charge is 2.17. The number of thioether (sulfide) groups is 1. The topological polar surface area (TPSA) is 24.9 Å². The van der Waals surface area contributed by atoms with Gasteiger partial charge in [-0.3, -0.25) is 4.98 Å². The van der Waals surface area contributed by atoms with Crippen LogP contribution < -0.4 is 5.32 Å². The van der Waals surface area contributed by atoms with E-state index in [2.05, 4.69) is 53.4 Å². The first kappa shape index (κ1) is 14.9. The van der Waals surface area contributed by atoms with Gasteiger partial charge in [-0.05, 0) is 43.7 Å². The van der Waals surface area contributed by atoms with E-state index in [9.17, 15) is 0 Å². The Kier molecular flexibility index (Phi) is 5.15. The third-order valence-electron chi connectivity index (χ3n) is 4.43. The van der Waals surface area contributed by atoms with E-state index >= 15 is 0 Å². The Morgan fingerprint density at radius 2 is 2.10 bits per heavy atom. The van der Waals surface area contributed by atoms with E-state index < -0.39 is 0 Å². The molecule has 1 aliphatic rings. The fraction of sp³-hybridized carbons (Fsp3) is 0.500. The number of nitrogens with zero attached hydrogens (tertiary/aromatic N) is 1. The summed E-state index contributed by atoms with van der Waals surface area (Å²) in [5, 5.41) is 5.59. The molecule has 0 amide bonds. The lowest BCUT2D eigenvalue weighted by Gasteiger charge is -2.24. The van der Waals surface area contributed by atoms with Gasteiger partial charge < -0.3 is 5.32 Å². The molecule has 3 rings (SSSR count). The number of hydrogen-bond acceptors (Lipinski definition) is 3. The van der Waals surface area contributed by atoms with Crippen LogP contribution in [0.4, 0.5) is 0 Å². The van der Waals surface area contributed by atoms with Crippen LogP contribution in [0.15, 0.2) is 36.5 Å². The highest BCUT2D eigenvalue weighted by Crippen LogP contribution is 2.31. The van der Waals surface area contributed by atoms with Gasteiger partial charge in [-0.2, -0.15) is 11.8 Å². The first-order chi connectivity index (χ1) is 10.4. The SMILES string of the molecule is CNC(CSC1CCCCC1)c1ccc2ncccc2c1. The van der Waals surface area contributed by atoms with Crippen LogP contribution >= 0.6 is 11.8 Å². The van der Waals surface area contributed by atoms with E-state index in [0.717, 1.165) is 16.5 Å². The molecule has 21 heavy (non-hydrogen) atoms. The Morgan fingerprint density at radius 1 is 1.24 bits per heavy atom. The summed E-state index contributed by atoms with van der Waals surface area (Å²) in [4.78, 5) is 4.40. The van der Waals surface area contributed by atoms with Gasteiger partial charge in [-0.25, -0.2) is 0 Å². The average molecular weight is 300 g/mol. The molecule has 1 N–H and O–H groups in total. The molecular weight excluding hydrogens is 276 g/mol. The molecule has 0 spiro atoms. The molecule has 1 heterocycles. The van der Waals surface area contributed by atoms with Gasteiger partial charge in [0.15, 0.2) is 0 Å². The van der Waals surface area contributed by atoms with E-state index in [0.29, 0.717) is 6.04 Å². The first-order valence-corrected chi connectivity index (χ1v) is 9.05. The zero-order valence-corrected chi connectivity index (χ0v) is 13.5. The standard InChI is InChI=1S/C18H24N2S/c1-19-18(13-21-16-7-3-2-4-8-16)15-9-10-17-14(12-15)6-5-11-20-17/h5-6,9-12,16,18-19H,2-4,7-8,13H2,1H3. The lowest BCUT2D eigenvalue weighted by molar-refractivity contribution is 0.515. The van der Waals surface area contributed by atoms with Crippen LogP contribution in [0.1, 0.15) is 43.7 Å². The molecular formula is C18H24N2S. The molecule has 1 atom stereocenters. The highest BCUT2D eigenvalue weighted by molar-refractivity contribution is 7.99. The molecule has 3 heteroatoms. The third kappa shape index (κ3) is 3.78. The Hall–Kier alpha value is -1.06. The summed E-state index contributed by atoms with van der Waals surface area (Å²) >= 11 is 2.15. The van der Waals surface area contributed by atoms with E-state index in [4.69, 9.17) is 0 Å². The van der Waals surface area contributed by atoms with Crippen molar-refractivity contribution in [3.63, 3.8) is 0 Å². The number of nitrogens with one attached hydrogen (secondary N) is 1. The highest BCUT2D eigenvalue weighted by atomic mass is 32.2. The Bertz CT molecular complexity index is 578. The molecule has 1 saturated carbocycles. The smallest absolute Gasteiger partial charge is 0.0702 e. The van der Waals surface area contributed by atoms with Crippen molar-refractivity contribution in [1.82, 2.24) is 10.3 Å². The van der Waals surface area contributed by atoms with Gasteiger partial charge in [0.25, 0.3) is 0 Å². The molecule has 2 nitrogen and oxygen atoms in total. The Balaban J connectivity index is 1.68. The average Bonchev–Trinajstić information content (AvgIpc) is 2.56. The number of aromatic nitrogens is 1. The summed E-state index contributed by atoms with van der Waals surface area (Å²) < 4.78 is 0. The summed E-state index contributed by atoms with van der Waals surface area (Å²) in [6, 6.07) is 11.2. The van der Waals surface area contributed by atoms with Crippen LogP contribution in [0, 0.1) is 0 Å². The summed E-state index contributed by atoms with van der Waals surface area (Å²) in [5.74, 6) is 1.16. The maximum atomic E-state index is 4.40. The maximum absolute atomic E-state index is 4.40. The largest absolute Gasteiger partial charge is 0.312 e. The van der Waals surface area contributed by atoms with Crippen LogP contribution in [0.3, 0.4) is 0 Å². The maximum Gasteiger partial charge on any atom is 0.0702 e. The summed E-state index contributed by atoms with van der Waals surface area (Å²) in [5.41, 5.74) is 2.46. The first-order valence-electron chi connectivity index (χ1n) is 8.00. The van der Waals surface area contributed by atoms with Crippen molar-refractivity contribution in [1.29, 1.82) is 0 Å². The number of fused-ring (bicyclic) bond motifs is 1. The van der Waals surface area contributed by atoms with Crippen LogP contribution in [0.2, 0.25) is 0 Å². The fourth-order valence-corrected chi connectivity index (χ4v) is 4.61. The lowest BCUT2D eigenvalue weighted by atomic mass is 10.0. The Labute approximate surface area is 131 Å². The van der Waals surface area contributed by atoms with E-state index in [1.807, 2.05) is 12.3 Å². The monoisotopic (exact) mass is 300 g/mol. The molecule has 0 saturated heterocycles. The van der Waals surface area contributed by atoms with Crippen LogP contribution in [-0.4, -0.2) is 23.0 Å². The van der Waals surface area contributed by atoms with E-state index in [1.165, 1.54) is 43.1 Å². The zero-order valence-electron chi connectivity index (χ0n) is 12.7. The predicted molar refractivity (Wildman–Crippen MR) is 92.9 cm³/mol. The number of hydrogen-bond donors (Lipinski definition) is 1. The van der Waals surface area contributed by atoms with Gasteiger partial charge in [0, 0.05) is 28.6 Å². The second kappa shape index (κ2) is 7.28. The number of benzene rings is 1. The molecule has 0 radical (unpaired) electrons. The number of pyridine rings is 1. The molecule has 2 aromatic rings. The van der Waals surface area contributed by atoms with Crippen molar-refractivity contribution in [2.24, 2.45) is 0 Å². The number of rotatable bonds is 5. The molecule has 1 fully saturated rings. The second-order valence-corrected chi connectivity index (χ2v) is 7.22. The van der Waals surface area contributed by atoms with Crippen molar-refractivity contribution in [3.8, 4) is 0 Å². The van der Waals surface area contributed by atoms with Gasteiger partial charge >= 0.3 is 0 Å². The van der Waals surface area contributed by atoms with Gasteiger partial charge in [-0.15, -0.1) is 0 Å². The summed E-state index contributed by atoms with van der Waals surface area (Å²) in [7, 11) is 2.07. The predicted octanol–water partition coefficient (Wildman–Crippen LogP) is 4.56. The minimum Gasteiger partial charge on any atom is -0.312 e. The summed E-state index contributed by atoms with van der Waals surface area (Å²) in [6.07, 6.45) is 8.94. The molecule has 1 unspecified atom stereocenters. The van der Waals surface area contributed by atoms with E-state index in [-0.39, 0.29) is 0 Å². The van der Waals surface area contributed by atoms with E-state index in [1.54, 1.807) is 0 Å². The molecule has 0 bridgehead atoms. The molecule has 0 aliphatic heterocycles. The lowest BCUT2D eigenvalue weighted by Crippen LogP contribution is -2.21. The van der Waals surface area contributed by atoms with Crippen LogP contribution in [0.25, 0.3) is 10.9 Å². The van der Waals surface area contributed by atoms with Crippen molar-refractivity contribution in [2.75, 3.05) is 12.8 Å². The van der Waals surface area contributed by atoms with Crippen LogP contribution in [-0.2, 0) is 0 Å². The minimum absolute atomic E-state index is 0.432. The molecule has 1 aliphatic carbocycles. The molecule has 1 aromatic heterocycles. The molecule has 112 valence electrons. The van der Waals surface area contributed by atoms with Crippen molar-refractivity contribution in [3.05, 3.63) is 42.1 Å². The zero-order chi connectivity index (χ0) is 14.5. The van der Waals surface area contributed by atoms with Crippen molar-refractivity contribution >= 4 is 22.7 Å². The van der Waals surface area contributed by atoms with Crippen molar-refractivity contribution < 1.29 is 0 Å². The van der Waals surface area contributed by atoms with Gasteiger partial charge in [0.1, 0.15) is 0 Å². The third-order valence-corrected chi connectivity index (χ3v) is 5.90. The van der Waals surface area contributed by atoms with Crippen LogP contribution in [0.5, 0.6) is 0 Å². The minimum atomic E-state index is 0.432.